The SMILES string of the molecule is C[C@@H]1N[C@]2(C(=O)Nc3ccccc32)[C@H]([N+](=O)[O-])[C@@H]1c1ccccc1. The highest BCUT2D eigenvalue weighted by molar-refractivity contribution is 6.07. The Bertz CT molecular complexity index is 823. The molecule has 0 saturated carbocycles. The van der Waals surface area contributed by atoms with Crippen molar-refractivity contribution in [3.63, 3.8) is 0 Å². The molecule has 122 valence electrons. The van der Waals surface area contributed by atoms with Crippen molar-refractivity contribution in [2.24, 2.45) is 0 Å². The molecule has 0 aliphatic carbocycles. The van der Waals surface area contributed by atoms with Gasteiger partial charge in [-0.1, -0.05) is 48.5 Å². The van der Waals surface area contributed by atoms with Crippen LogP contribution in [0, 0.1) is 10.1 Å². The molecule has 4 atom stereocenters. The fourth-order valence-electron chi connectivity index (χ4n) is 4.23. The number of nitro groups is 1. The Hall–Kier alpha value is -2.73. The summed E-state index contributed by atoms with van der Waals surface area (Å²) in [6, 6.07) is 15.3. The summed E-state index contributed by atoms with van der Waals surface area (Å²) in [4.78, 5) is 24.5. The first-order valence-corrected chi connectivity index (χ1v) is 7.93. The van der Waals surface area contributed by atoms with Gasteiger partial charge in [-0.3, -0.25) is 20.2 Å². The zero-order valence-electron chi connectivity index (χ0n) is 13.1. The molecule has 2 aliphatic rings. The van der Waals surface area contributed by atoms with E-state index in [1.54, 1.807) is 18.2 Å². The standard InChI is InChI=1S/C18H17N3O3/c1-11-15(12-7-3-2-4-8-12)16(21(23)24)18(20-11)13-9-5-6-10-14(13)19-17(18)22/h2-11,15-16,20H,1H3,(H,19,22)/t11-,15-,16+,18-/m0/s1. The van der Waals surface area contributed by atoms with E-state index >= 15 is 0 Å². The number of rotatable bonds is 2. The fraction of sp³-hybridized carbons (Fsp3) is 0.278. The van der Waals surface area contributed by atoms with Crippen molar-refractivity contribution in [1.29, 1.82) is 0 Å². The van der Waals surface area contributed by atoms with Gasteiger partial charge in [0.2, 0.25) is 0 Å². The molecular formula is C18H17N3O3. The number of nitrogens with zero attached hydrogens (tertiary/aromatic N) is 1. The highest BCUT2D eigenvalue weighted by Crippen LogP contribution is 2.49. The molecule has 0 unspecified atom stereocenters. The summed E-state index contributed by atoms with van der Waals surface area (Å²) in [7, 11) is 0. The lowest BCUT2D eigenvalue weighted by atomic mass is 9.78. The summed E-state index contributed by atoms with van der Waals surface area (Å²) in [6.07, 6.45) is 0. The van der Waals surface area contributed by atoms with E-state index in [0.717, 1.165) is 5.56 Å². The molecule has 2 N–H and O–H groups in total. The molecule has 1 saturated heterocycles. The fourth-order valence-corrected chi connectivity index (χ4v) is 4.23. The number of amides is 1. The average molecular weight is 323 g/mol. The lowest BCUT2D eigenvalue weighted by Crippen LogP contribution is -2.54. The Morgan fingerprint density at radius 1 is 1.08 bits per heavy atom. The topological polar surface area (TPSA) is 84.3 Å². The quantitative estimate of drug-likeness (QED) is 0.656. The number of anilines is 1. The normalized spacial score (nSPS) is 31.0. The van der Waals surface area contributed by atoms with Crippen molar-refractivity contribution >= 4 is 11.6 Å². The van der Waals surface area contributed by atoms with E-state index in [1.807, 2.05) is 43.3 Å². The molecule has 2 aromatic rings. The van der Waals surface area contributed by atoms with E-state index in [4.69, 9.17) is 0 Å². The van der Waals surface area contributed by atoms with E-state index in [-0.39, 0.29) is 16.9 Å². The minimum Gasteiger partial charge on any atom is -0.324 e. The second-order valence-corrected chi connectivity index (χ2v) is 6.41. The second-order valence-electron chi connectivity index (χ2n) is 6.41. The smallest absolute Gasteiger partial charge is 0.256 e. The molecule has 6 nitrogen and oxygen atoms in total. The number of fused-ring (bicyclic) bond motifs is 2. The summed E-state index contributed by atoms with van der Waals surface area (Å²) in [5.41, 5.74) is 0.831. The number of hydrogen-bond donors (Lipinski definition) is 2. The van der Waals surface area contributed by atoms with Gasteiger partial charge in [-0.2, -0.15) is 0 Å². The van der Waals surface area contributed by atoms with Crippen LogP contribution in [0.3, 0.4) is 0 Å². The van der Waals surface area contributed by atoms with Gasteiger partial charge in [-0.05, 0) is 18.6 Å². The molecule has 1 fully saturated rings. The summed E-state index contributed by atoms with van der Waals surface area (Å²) in [5.74, 6) is -0.742. The molecule has 24 heavy (non-hydrogen) atoms. The molecule has 0 radical (unpaired) electrons. The van der Waals surface area contributed by atoms with E-state index in [9.17, 15) is 14.9 Å². The second kappa shape index (κ2) is 5.14. The van der Waals surface area contributed by atoms with Gasteiger partial charge in [0.1, 0.15) is 0 Å². The maximum Gasteiger partial charge on any atom is 0.256 e. The minimum atomic E-state index is -1.33. The largest absolute Gasteiger partial charge is 0.324 e. The van der Waals surface area contributed by atoms with Gasteiger partial charge in [0, 0.05) is 22.2 Å². The number of hydrogen-bond acceptors (Lipinski definition) is 4. The Balaban J connectivity index is 1.91. The van der Waals surface area contributed by atoms with Crippen LogP contribution < -0.4 is 10.6 Å². The maximum atomic E-state index is 12.8. The third-order valence-corrected chi connectivity index (χ3v) is 5.15. The van der Waals surface area contributed by atoms with Gasteiger partial charge in [-0.25, -0.2) is 0 Å². The van der Waals surface area contributed by atoms with Crippen LogP contribution >= 0.6 is 0 Å². The molecule has 1 spiro atoms. The van der Waals surface area contributed by atoms with Crippen LogP contribution in [0.25, 0.3) is 0 Å². The highest BCUT2D eigenvalue weighted by atomic mass is 16.6. The van der Waals surface area contributed by atoms with Crippen molar-refractivity contribution in [2.45, 2.75) is 30.5 Å². The van der Waals surface area contributed by atoms with Gasteiger partial charge in [-0.15, -0.1) is 0 Å². The van der Waals surface area contributed by atoms with Crippen LogP contribution in [-0.4, -0.2) is 22.9 Å². The number of benzene rings is 2. The molecule has 0 bridgehead atoms. The van der Waals surface area contributed by atoms with Gasteiger partial charge >= 0.3 is 0 Å². The first-order chi connectivity index (χ1) is 11.6. The van der Waals surface area contributed by atoms with Gasteiger partial charge in [0.25, 0.3) is 11.9 Å². The lowest BCUT2D eigenvalue weighted by molar-refractivity contribution is -0.532. The molecule has 4 rings (SSSR count). The number of para-hydroxylation sites is 1. The molecule has 1 amide bonds. The zero-order chi connectivity index (χ0) is 16.9. The van der Waals surface area contributed by atoms with Gasteiger partial charge in [0.15, 0.2) is 5.54 Å². The molecule has 2 aromatic carbocycles. The molecule has 2 aliphatic heterocycles. The maximum absolute atomic E-state index is 12.8. The van der Waals surface area contributed by atoms with Crippen LogP contribution in [0.5, 0.6) is 0 Å². The number of nitrogens with one attached hydrogen (secondary N) is 2. The van der Waals surface area contributed by atoms with E-state index in [1.165, 1.54) is 0 Å². The molecule has 6 heteroatoms. The number of carbonyl (C=O) groups excluding carboxylic acids is 1. The highest BCUT2D eigenvalue weighted by Gasteiger charge is 2.67. The summed E-state index contributed by atoms with van der Waals surface area (Å²) < 4.78 is 0. The lowest BCUT2D eigenvalue weighted by Gasteiger charge is -2.25. The summed E-state index contributed by atoms with van der Waals surface area (Å²) >= 11 is 0. The van der Waals surface area contributed by atoms with Crippen LogP contribution in [0.15, 0.2) is 54.6 Å². The third-order valence-electron chi connectivity index (χ3n) is 5.15. The Labute approximate surface area is 139 Å². The molecule has 0 aromatic heterocycles. The Morgan fingerprint density at radius 2 is 1.75 bits per heavy atom. The predicted molar refractivity (Wildman–Crippen MR) is 89.3 cm³/mol. The number of carbonyl (C=O) groups is 1. The van der Waals surface area contributed by atoms with Gasteiger partial charge < -0.3 is 5.32 Å². The van der Waals surface area contributed by atoms with Crippen LogP contribution in [-0.2, 0) is 10.3 Å². The van der Waals surface area contributed by atoms with Crippen molar-refractivity contribution in [1.82, 2.24) is 5.32 Å². The Kier molecular flexibility index (Phi) is 3.18. The summed E-state index contributed by atoms with van der Waals surface area (Å²) in [6.45, 7) is 1.90. The predicted octanol–water partition coefficient (Wildman–Crippen LogP) is 2.25. The monoisotopic (exact) mass is 323 g/mol. The average Bonchev–Trinajstić information content (AvgIpc) is 3.04. The van der Waals surface area contributed by atoms with Crippen molar-refractivity contribution in [3.05, 3.63) is 75.8 Å². The van der Waals surface area contributed by atoms with Crippen LogP contribution in [0.4, 0.5) is 5.69 Å². The van der Waals surface area contributed by atoms with E-state index in [0.29, 0.717) is 11.3 Å². The van der Waals surface area contributed by atoms with Gasteiger partial charge in [0.05, 0.1) is 5.92 Å². The van der Waals surface area contributed by atoms with Crippen LogP contribution in [0.2, 0.25) is 0 Å². The van der Waals surface area contributed by atoms with E-state index < -0.39 is 17.5 Å². The summed E-state index contributed by atoms with van der Waals surface area (Å²) in [5, 5.41) is 18.1. The Morgan fingerprint density at radius 3 is 2.46 bits per heavy atom. The minimum absolute atomic E-state index is 0.209. The first-order valence-electron chi connectivity index (χ1n) is 7.93. The van der Waals surface area contributed by atoms with Crippen molar-refractivity contribution in [3.8, 4) is 0 Å². The van der Waals surface area contributed by atoms with Crippen LogP contribution in [0.1, 0.15) is 24.0 Å². The third kappa shape index (κ3) is 1.83. The molecule has 2 heterocycles. The van der Waals surface area contributed by atoms with Crippen molar-refractivity contribution < 1.29 is 9.72 Å². The van der Waals surface area contributed by atoms with E-state index in [2.05, 4.69) is 10.6 Å². The molecular weight excluding hydrogens is 306 g/mol. The van der Waals surface area contributed by atoms with Crippen molar-refractivity contribution in [2.75, 3.05) is 5.32 Å². The zero-order valence-corrected chi connectivity index (χ0v) is 13.1. The first kappa shape index (κ1) is 14.8.